The van der Waals surface area contributed by atoms with E-state index in [0.717, 1.165) is 0 Å². The van der Waals surface area contributed by atoms with E-state index in [2.05, 4.69) is 27.5 Å². The SMILES string of the molecule is O=C(c1c(O)ccc(NS)c1F)c1c[nH]c2ncccc12. The number of aromatic amines is 1. The summed E-state index contributed by atoms with van der Waals surface area (Å²) in [5.41, 5.74) is 0.365. The zero-order valence-electron chi connectivity index (χ0n) is 10.6. The van der Waals surface area contributed by atoms with Crippen molar-refractivity contribution >= 4 is 35.3 Å². The molecule has 0 bridgehead atoms. The van der Waals surface area contributed by atoms with Gasteiger partial charge < -0.3 is 14.8 Å². The molecule has 3 rings (SSSR count). The lowest BCUT2D eigenvalue weighted by atomic mass is 10.0. The summed E-state index contributed by atoms with van der Waals surface area (Å²) in [4.78, 5) is 19.4. The Balaban J connectivity index is 2.19. The molecule has 0 saturated heterocycles. The number of nitrogens with zero attached hydrogens (tertiary/aromatic N) is 1. The maximum absolute atomic E-state index is 14.3. The number of ketones is 1. The highest BCUT2D eigenvalue weighted by atomic mass is 32.1. The number of thiol groups is 1. The van der Waals surface area contributed by atoms with Crippen molar-refractivity contribution in [2.45, 2.75) is 0 Å². The van der Waals surface area contributed by atoms with Crippen LogP contribution in [0.1, 0.15) is 15.9 Å². The van der Waals surface area contributed by atoms with Gasteiger partial charge in [-0.25, -0.2) is 9.37 Å². The van der Waals surface area contributed by atoms with Crippen LogP contribution < -0.4 is 4.72 Å². The number of fused-ring (bicyclic) bond motifs is 1. The molecular weight excluding hydrogens is 293 g/mol. The van der Waals surface area contributed by atoms with E-state index in [-0.39, 0.29) is 11.3 Å². The molecule has 0 radical (unpaired) electrons. The summed E-state index contributed by atoms with van der Waals surface area (Å²) in [7, 11) is 0. The van der Waals surface area contributed by atoms with Crippen LogP contribution in [0.4, 0.5) is 10.1 Å². The second-order valence-electron chi connectivity index (χ2n) is 4.36. The van der Waals surface area contributed by atoms with E-state index in [1.54, 1.807) is 18.3 Å². The van der Waals surface area contributed by atoms with Crippen molar-refractivity contribution in [2.75, 3.05) is 4.72 Å². The van der Waals surface area contributed by atoms with Crippen molar-refractivity contribution in [1.82, 2.24) is 9.97 Å². The van der Waals surface area contributed by atoms with Crippen LogP contribution >= 0.6 is 12.8 Å². The molecule has 0 aliphatic rings. The number of carbonyl (C=O) groups excluding carboxylic acids is 1. The molecule has 2 aromatic heterocycles. The lowest BCUT2D eigenvalue weighted by molar-refractivity contribution is 0.103. The van der Waals surface area contributed by atoms with Crippen molar-refractivity contribution < 1.29 is 14.3 Å². The molecule has 0 amide bonds. The first kappa shape index (κ1) is 13.4. The number of aromatic nitrogens is 2. The fourth-order valence-corrected chi connectivity index (χ4v) is 2.32. The van der Waals surface area contributed by atoms with Crippen LogP contribution in [0.5, 0.6) is 5.75 Å². The third-order valence-corrected chi connectivity index (χ3v) is 3.40. The predicted molar refractivity (Wildman–Crippen MR) is 80.2 cm³/mol. The number of halogens is 1. The van der Waals surface area contributed by atoms with Crippen LogP contribution in [0, 0.1) is 5.82 Å². The molecular formula is C14H10FN3O2S. The third kappa shape index (κ3) is 2.11. The van der Waals surface area contributed by atoms with Crippen molar-refractivity contribution in [3.8, 4) is 5.75 Å². The number of carbonyl (C=O) groups is 1. The van der Waals surface area contributed by atoms with E-state index in [1.165, 1.54) is 18.3 Å². The van der Waals surface area contributed by atoms with Gasteiger partial charge in [0.15, 0.2) is 5.82 Å². The molecule has 0 aliphatic carbocycles. The fraction of sp³-hybridized carbons (Fsp3) is 0. The predicted octanol–water partition coefficient (Wildman–Crippen LogP) is 2.90. The van der Waals surface area contributed by atoms with Gasteiger partial charge >= 0.3 is 0 Å². The molecule has 0 spiro atoms. The van der Waals surface area contributed by atoms with Crippen LogP contribution in [0.15, 0.2) is 36.7 Å². The van der Waals surface area contributed by atoms with Crippen molar-refractivity contribution in [3.05, 3.63) is 53.6 Å². The number of anilines is 1. The smallest absolute Gasteiger partial charge is 0.202 e. The maximum Gasteiger partial charge on any atom is 0.202 e. The van der Waals surface area contributed by atoms with E-state index in [9.17, 15) is 14.3 Å². The number of aromatic hydroxyl groups is 1. The molecule has 0 unspecified atom stereocenters. The molecule has 3 aromatic rings. The Hall–Kier alpha value is -2.54. The van der Waals surface area contributed by atoms with E-state index in [1.807, 2.05) is 0 Å². The first-order chi connectivity index (χ1) is 10.1. The molecule has 5 nitrogen and oxygen atoms in total. The highest BCUT2D eigenvalue weighted by Gasteiger charge is 2.23. The maximum atomic E-state index is 14.3. The topological polar surface area (TPSA) is 78.0 Å². The van der Waals surface area contributed by atoms with E-state index >= 15 is 0 Å². The monoisotopic (exact) mass is 303 g/mol. The molecule has 1 aromatic carbocycles. The highest BCUT2D eigenvalue weighted by molar-refractivity contribution is 7.81. The van der Waals surface area contributed by atoms with Gasteiger partial charge in [0.1, 0.15) is 17.0 Å². The fourth-order valence-electron chi connectivity index (χ4n) is 2.15. The van der Waals surface area contributed by atoms with E-state index in [0.29, 0.717) is 11.0 Å². The minimum absolute atomic E-state index is 0.0115. The summed E-state index contributed by atoms with van der Waals surface area (Å²) in [6.07, 6.45) is 3.02. The molecule has 0 fully saturated rings. The summed E-state index contributed by atoms with van der Waals surface area (Å²) in [6.45, 7) is 0. The minimum atomic E-state index is -0.853. The van der Waals surface area contributed by atoms with Crippen LogP contribution in [0.3, 0.4) is 0 Å². The normalized spacial score (nSPS) is 10.8. The quantitative estimate of drug-likeness (QED) is 0.341. The number of benzene rings is 1. The van der Waals surface area contributed by atoms with Gasteiger partial charge in [0, 0.05) is 23.3 Å². The molecule has 2 heterocycles. The van der Waals surface area contributed by atoms with Gasteiger partial charge in [0.05, 0.1) is 5.69 Å². The number of pyridine rings is 1. The van der Waals surface area contributed by atoms with Crippen molar-refractivity contribution in [1.29, 1.82) is 0 Å². The molecule has 0 atom stereocenters. The number of nitrogens with one attached hydrogen (secondary N) is 2. The van der Waals surface area contributed by atoms with Gasteiger partial charge in [0.2, 0.25) is 5.78 Å². The zero-order valence-corrected chi connectivity index (χ0v) is 11.5. The van der Waals surface area contributed by atoms with Gasteiger partial charge in [-0.3, -0.25) is 4.79 Å². The summed E-state index contributed by atoms with van der Waals surface area (Å²) in [5.74, 6) is -1.91. The van der Waals surface area contributed by atoms with Crippen LogP contribution in [-0.4, -0.2) is 20.9 Å². The number of hydrogen-bond donors (Lipinski definition) is 4. The summed E-state index contributed by atoms with van der Waals surface area (Å²) >= 11 is 3.76. The Labute approximate surface area is 124 Å². The Morgan fingerprint density at radius 3 is 2.95 bits per heavy atom. The summed E-state index contributed by atoms with van der Waals surface area (Å²) < 4.78 is 16.6. The zero-order chi connectivity index (χ0) is 15.0. The summed E-state index contributed by atoms with van der Waals surface area (Å²) in [5, 5.41) is 10.4. The largest absolute Gasteiger partial charge is 0.507 e. The molecule has 106 valence electrons. The lowest BCUT2D eigenvalue weighted by Crippen LogP contribution is -2.06. The molecule has 0 aliphatic heterocycles. The minimum Gasteiger partial charge on any atom is -0.507 e. The lowest BCUT2D eigenvalue weighted by Gasteiger charge is -2.08. The molecule has 21 heavy (non-hydrogen) atoms. The van der Waals surface area contributed by atoms with Gasteiger partial charge in [-0.15, -0.1) is 0 Å². The van der Waals surface area contributed by atoms with Gasteiger partial charge in [-0.2, -0.15) is 0 Å². The average molecular weight is 303 g/mol. The second-order valence-corrected chi connectivity index (χ2v) is 4.59. The number of phenols is 1. The van der Waals surface area contributed by atoms with Gasteiger partial charge in [-0.05, 0) is 24.3 Å². The third-order valence-electron chi connectivity index (χ3n) is 3.16. The average Bonchev–Trinajstić information content (AvgIpc) is 2.91. The molecule has 0 saturated carbocycles. The highest BCUT2D eigenvalue weighted by Crippen LogP contribution is 2.30. The number of phenolic OH excluding ortho intramolecular Hbond substituents is 1. The second kappa shape index (κ2) is 5.10. The Morgan fingerprint density at radius 2 is 2.19 bits per heavy atom. The number of H-pyrrole nitrogens is 1. The number of hydrogen-bond acceptors (Lipinski definition) is 5. The van der Waals surface area contributed by atoms with E-state index < -0.39 is 22.9 Å². The summed E-state index contributed by atoms with van der Waals surface area (Å²) in [6, 6.07) is 5.91. The molecule has 7 heteroatoms. The Bertz CT molecular complexity index is 847. The van der Waals surface area contributed by atoms with Crippen LogP contribution in [0.25, 0.3) is 11.0 Å². The first-order valence-electron chi connectivity index (χ1n) is 6.02. The van der Waals surface area contributed by atoms with Gasteiger partial charge in [-0.1, -0.05) is 12.8 Å². The molecule has 3 N–H and O–H groups in total. The van der Waals surface area contributed by atoms with E-state index in [4.69, 9.17) is 0 Å². The number of rotatable bonds is 3. The standard InChI is InChI=1S/C14H10FN3O2S/c15-12-9(18-21)3-4-10(19)11(12)13(20)8-6-17-14-7(8)2-1-5-16-14/h1-6,18-19,21H,(H,16,17). The Morgan fingerprint density at radius 1 is 1.38 bits per heavy atom. The van der Waals surface area contributed by atoms with Gasteiger partial charge in [0.25, 0.3) is 0 Å². The first-order valence-corrected chi connectivity index (χ1v) is 6.46. The van der Waals surface area contributed by atoms with Crippen molar-refractivity contribution in [3.63, 3.8) is 0 Å². The van der Waals surface area contributed by atoms with Crippen LogP contribution in [0.2, 0.25) is 0 Å². The van der Waals surface area contributed by atoms with Crippen LogP contribution in [-0.2, 0) is 0 Å². The van der Waals surface area contributed by atoms with Crippen molar-refractivity contribution in [2.24, 2.45) is 0 Å². The Kier molecular flexibility index (Phi) is 3.26.